The Morgan fingerprint density at radius 3 is 2.48 bits per heavy atom. The van der Waals surface area contributed by atoms with E-state index in [-0.39, 0.29) is 23.7 Å². The van der Waals surface area contributed by atoms with E-state index in [1.54, 1.807) is 11.3 Å². The van der Waals surface area contributed by atoms with E-state index in [4.69, 9.17) is 0 Å². The van der Waals surface area contributed by atoms with Crippen LogP contribution < -0.4 is 5.32 Å². The normalized spacial score (nSPS) is 23.7. The molecule has 1 aromatic carbocycles. The van der Waals surface area contributed by atoms with Crippen LogP contribution in [-0.2, 0) is 14.6 Å². The predicted octanol–water partition coefficient (Wildman–Crippen LogP) is 1.76. The Kier molecular flexibility index (Phi) is 6.34. The van der Waals surface area contributed by atoms with Crippen molar-refractivity contribution < 1.29 is 13.2 Å². The van der Waals surface area contributed by atoms with Crippen molar-refractivity contribution in [1.82, 2.24) is 15.1 Å². The average molecular weight is 434 g/mol. The average Bonchev–Trinajstić information content (AvgIpc) is 3.37. The standard InChI is InChI=1S/C21H27N3O3S2/c25-20(22-21(19-7-4-13-28-19)17-5-2-1-3-6-17)15-23-9-11-24(12-10-23)18-8-14-29(26,27)16-18/h1-7,13,18,21H,8-12,14-16H2,(H,22,25)/t18-,21-/m0/s1. The van der Waals surface area contributed by atoms with E-state index in [9.17, 15) is 13.2 Å². The van der Waals surface area contributed by atoms with Gasteiger partial charge in [0, 0.05) is 37.1 Å². The number of sulfone groups is 1. The van der Waals surface area contributed by atoms with Gasteiger partial charge >= 0.3 is 0 Å². The Balaban J connectivity index is 1.31. The highest BCUT2D eigenvalue weighted by atomic mass is 32.2. The lowest BCUT2D eigenvalue weighted by Crippen LogP contribution is -2.52. The number of thiophene rings is 1. The fourth-order valence-corrected chi connectivity index (χ4v) is 6.74. The highest BCUT2D eigenvalue weighted by Gasteiger charge is 2.34. The molecule has 0 aliphatic carbocycles. The molecule has 1 N–H and O–H groups in total. The summed E-state index contributed by atoms with van der Waals surface area (Å²) in [7, 11) is -2.86. The molecule has 1 amide bonds. The second-order valence-electron chi connectivity index (χ2n) is 7.80. The van der Waals surface area contributed by atoms with Crippen molar-refractivity contribution in [1.29, 1.82) is 0 Å². The zero-order valence-corrected chi connectivity index (χ0v) is 18.0. The van der Waals surface area contributed by atoms with Gasteiger partial charge in [-0.15, -0.1) is 11.3 Å². The number of piperazine rings is 1. The number of carbonyl (C=O) groups excluding carboxylic acids is 1. The van der Waals surface area contributed by atoms with Crippen LogP contribution in [0, 0.1) is 0 Å². The van der Waals surface area contributed by atoms with Crippen LogP contribution in [0.25, 0.3) is 0 Å². The van der Waals surface area contributed by atoms with Gasteiger partial charge in [0.1, 0.15) is 0 Å². The lowest BCUT2D eigenvalue weighted by molar-refractivity contribution is -0.123. The second kappa shape index (κ2) is 8.95. The van der Waals surface area contributed by atoms with Crippen LogP contribution in [0.15, 0.2) is 47.8 Å². The molecule has 0 saturated carbocycles. The Hall–Kier alpha value is -1.74. The van der Waals surface area contributed by atoms with Gasteiger partial charge in [0.15, 0.2) is 9.84 Å². The van der Waals surface area contributed by atoms with Crippen molar-refractivity contribution in [2.45, 2.75) is 18.5 Å². The predicted molar refractivity (Wildman–Crippen MR) is 116 cm³/mol. The molecule has 29 heavy (non-hydrogen) atoms. The van der Waals surface area contributed by atoms with E-state index >= 15 is 0 Å². The van der Waals surface area contributed by atoms with Gasteiger partial charge in [-0.1, -0.05) is 36.4 Å². The quantitative estimate of drug-likeness (QED) is 0.752. The number of nitrogens with zero attached hydrogens (tertiary/aromatic N) is 2. The summed E-state index contributed by atoms with van der Waals surface area (Å²) < 4.78 is 23.4. The second-order valence-corrected chi connectivity index (χ2v) is 11.0. The van der Waals surface area contributed by atoms with Crippen molar-refractivity contribution in [2.24, 2.45) is 0 Å². The van der Waals surface area contributed by atoms with Gasteiger partial charge in [-0.05, 0) is 23.4 Å². The Morgan fingerprint density at radius 1 is 1.10 bits per heavy atom. The van der Waals surface area contributed by atoms with E-state index < -0.39 is 9.84 Å². The van der Waals surface area contributed by atoms with Crippen molar-refractivity contribution in [2.75, 3.05) is 44.2 Å². The molecule has 156 valence electrons. The summed E-state index contributed by atoms with van der Waals surface area (Å²) in [6, 6.07) is 14.1. The van der Waals surface area contributed by atoms with Gasteiger partial charge < -0.3 is 5.32 Å². The molecule has 6 nitrogen and oxygen atoms in total. The Morgan fingerprint density at radius 2 is 1.86 bits per heavy atom. The van der Waals surface area contributed by atoms with Crippen molar-refractivity contribution >= 4 is 27.1 Å². The minimum Gasteiger partial charge on any atom is -0.343 e. The van der Waals surface area contributed by atoms with Gasteiger partial charge in [-0.25, -0.2) is 8.42 Å². The third-order valence-corrected chi connectivity index (χ3v) is 8.45. The number of benzene rings is 1. The van der Waals surface area contributed by atoms with Crippen molar-refractivity contribution in [3.8, 4) is 0 Å². The van der Waals surface area contributed by atoms with Crippen molar-refractivity contribution in [3.63, 3.8) is 0 Å². The maximum atomic E-state index is 12.8. The SMILES string of the molecule is O=C(CN1CCN([C@H]2CCS(=O)(=O)C2)CC1)N[C@@H](c1ccccc1)c1cccs1. The summed E-state index contributed by atoms with van der Waals surface area (Å²) in [6.07, 6.45) is 0.738. The Bertz CT molecular complexity index is 908. The van der Waals surface area contributed by atoms with Crippen LogP contribution in [0.2, 0.25) is 0 Å². The van der Waals surface area contributed by atoms with Gasteiger partial charge in [0.2, 0.25) is 5.91 Å². The molecular weight excluding hydrogens is 406 g/mol. The van der Waals surface area contributed by atoms with Crippen molar-refractivity contribution in [3.05, 3.63) is 58.3 Å². The van der Waals surface area contributed by atoms with Crippen LogP contribution in [0.4, 0.5) is 0 Å². The molecule has 4 rings (SSSR count). The van der Waals surface area contributed by atoms with Crippen LogP contribution in [0.5, 0.6) is 0 Å². The minimum atomic E-state index is -2.86. The molecule has 0 unspecified atom stereocenters. The molecule has 1 aromatic heterocycles. The summed E-state index contributed by atoms with van der Waals surface area (Å²) in [6.45, 7) is 3.59. The zero-order chi connectivity index (χ0) is 20.3. The highest BCUT2D eigenvalue weighted by molar-refractivity contribution is 7.91. The monoisotopic (exact) mass is 433 g/mol. The first-order valence-electron chi connectivity index (χ1n) is 10.0. The lowest BCUT2D eigenvalue weighted by Gasteiger charge is -2.37. The summed E-state index contributed by atoms with van der Waals surface area (Å²) in [4.78, 5) is 18.3. The van der Waals surface area contributed by atoms with Crippen LogP contribution in [0.1, 0.15) is 22.9 Å². The van der Waals surface area contributed by atoms with E-state index in [0.29, 0.717) is 12.3 Å². The molecule has 2 aromatic rings. The summed E-state index contributed by atoms with van der Waals surface area (Å²) in [5.74, 6) is 0.612. The maximum absolute atomic E-state index is 12.8. The Labute approximate surface area is 176 Å². The first-order valence-corrected chi connectivity index (χ1v) is 12.7. The molecule has 0 spiro atoms. The van der Waals surface area contributed by atoms with E-state index in [1.807, 2.05) is 41.8 Å². The first-order chi connectivity index (χ1) is 14.0. The molecule has 2 aliphatic rings. The molecule has 0 radical (unpaired) electrons. The molecular formula is C21H27N3O3S2. The number of rotatable bonds is 6. The van der Waals surface area contributed by atoms with Crippen LogP contribution in [0.3, 0.4) is 0 Å². The third kappa shape index (κ3) is 5.25. The van der Waals surface area contributed by atoms with Gasteiger partial charge in [0.25, 0.3) is 0 Å². The summed E-state index contributed by atoms with van der Waals surface area (Å²) in [5.41, 5.74) is 1.08. The highest BCUT2D eigenvalue weighted by Crippen LogP contribution is 2.26. The molecule has 2 saturated heterocycles. The summed E-state index contributed by atoms with van der Waals surface area (Å²) in [5, 5.41) is 5.22. The number of hydrogen-bond acceptors (Lipinski definition) is 6. The summed E-state index contributed by atoms with van der Waals surface area (Å²) >= 11 is 1.64. The molecule has 2 atom stereocenters. The van der Waals surface area contributed by atoms with E-state index in [1.165, 1.54) is 0 Å². The number of hydrogen-bond donors (Lipinski definition) is 1. The smallest absolute Gasteiger partial charge is 0.234 e. The fraction of sp³-hybridized carbons (Fsp3) is 0.476. The van der Waals surface area contributed by atoms with E-state index in [2.05, 4.69) is 21.2 Å². The van der Waals surface area contributed by atoms with Crippen LogP contribution in [-0.4, -0.2) is 74.4 Å². The van der Waals surface area contributed by atoms with Gasteiger partial charge in [0.05, 0.1) is 24.1 Å². The van der Waals surface area contributed by atoms with E-state index in [0.717, 1.165) is 43.0 Å². The number of amides is 1. The maximum Gasteiger partial charge on any atom is 0.234 e. The molecule has 8 heteroatoms. The third-order valence-electron chi connectivity index (χ3n) is 5.76. The molecule has 0 bridgehead atoms. The fourth-order valence-electron chi connectivity index (χ4n) is 4.18. The topological polar surface area (TPSA) is 69.7 Å². The molecule has 2 aliphatic heterocycles. The number of carbonyl (C=O) groups is 1. The zero-order valence-electron chi connectivity index (χ0n) is 16.4. The number of nitrogens with one attached hydrogen (secondary N) is 1. The lowest BCUT2D eigenvalue weighted by atomic mass is 10.1. The molecule has 3 heterocycles. The first kappa shape index (κ1) is 20.5. The van der Waals surface area contributed by atoms with Crippen LogP contribution >= 0.6 is 11.3 Å². The largest absolute Gasteiger partial charge is 0.343 e. The van der Waals surface area contributed by atoms with Gasteiger partial charge in [-0.3, -0.25) is 14.6 Å². The molecule has 2 fully saturated rings. The minimum absolute atomic E-state index is 0.0177. The van der Waals surface area contributed by atoms with Gasteiger partial charge in [-0.2, -0.15) is 0 Å².